The number of carbonyl (C=O) groups excluding carboxylic acids is 2. The number of nitrogens with one attached hydrogen (secondary N) is 1. The summed E-state index contributed by atoms with van der Waals surface area (Å²) in [5, 5.41) is 7.96. The molecule has 0 saturated carbocycles. The van der Waals surface area contributed by atoms with Gasteiger partial charge in [0.15, 0.2) is 0 Å². The van der Waals surface area contributed by atoms with Crippen LogP contribution in [0.2, 0.25) is 0 Å². The van der Waals surface area contributed by atoms with Crippen LogP contribution in [0.15, 0.2) is 36.7 Å². The van der Waals surface area contributed by atoms with Gasteiger partial charge in [0.2, 0.25) is 0 Å². The topological polar surface area (TPSA) is 82.5 Å². The number of rotatable bonds is 7. The predicted molar refractivity (Wildman–Crippen MR) is 118 cm³/mol. The minimum Gasteiger partial charge on any atom is -0.457 e. The van der Waals surface area contributed by atoms with Crippen LogP contribution in [0.3, 0.4) is 0 Å². The van der Waals surface area contributed by atoms with E-state index in [1.165, 1.54) is 5.56 Å². The van der Waals surface area contributed by atoms with Crippen LogP contribution in [-0.2, 0) is 35.7 Å². The van der Waals surface area contributed by atoms with E-state index >= 15 is 0 Å². The van der Waals surface area contributed by atoms with E-state index in [-0.39, 0.29) is 11.9 Å². The molecule has 32 heavy (non-hydrogen) atoms. The van der Waals surface area contributed by atoms with Crippen molar-refractivity contribution in [1.82, 2.24) is 15.1 Å². The quantitative estimate of drug-likeness (QED) is 0.456. The third-order valence-electron chi connectivity index (χ3n) is 6.48. The third kappa shape index (κ3) is 3.58. The maximum absolute atomic E-state index is 11.7. The molecule has 1 N–H and O–H groups in total. The number of nitrogens with zero attached hydrogens (tertiary/aromatic N) is 2. The molecule has 0 fully saturated rings. The average Bonchev–Trinajstić information content (AvgIpc) is 3.50. The Hall–Kier alpha value is -3.45. The summed E-state index contributed by atoms with van der Waals surface area (Å²) in [5.41, 5.74) is 8.95. The highest BCUT2D eigenvalue weighted by molar-refractivity contribution is 5.95. The molecule has 1 aromatic heterocycles. The second-order valence-corrected chi connectivity index (χ2v) is 8.28. The van der Waals surface area contributed by atoms with Crippen molar-refractivity contribution < 1.29 is 19.1 Å². The smallest absolute Gasteiger partial charge is 0.338 e. The Balaban J connectivity index is 1.15. The summed E-state index contributed by atoms with van der Waals surface area (Å²) >= 11 is 0. The van der Waals surface area contributed by atoms with Gasteiger partial charge in [-0.3, -0.25) is 4.68 Å². The maximum Gasteiger partial charge on any atom is 0.338 e. The highest BCUT2D eigenvalue weighted by atomic mass is 16.5. The number of hydrogen-bond donors (Lipinski definition) is 1. The van der Waals surface area contributed by atoms with Crippen LogP contribution in [0, 0.1) is 13.8 Å². The molecule has 2 aromatic carbocycles. The van der Waals surface area contributed by atoms with Gasteiger partial charge in [0.1, 0.15) is 13.2 Å². The molecule has 0 radical (unpaired) electrons. The summed E-state index contributed by atoms with van der Waals surface area (Å²) in [6, 6.07) is 7.72. The van der Waals surface area contributed by atoms with E-state index in [4.69, 9.17) is 9.47 Å². The van der Waals surface area contributed by atoms with E-state index in [0.717, 1.165) is 59.4 Å². The van der Waals surface area contributed by atoms with Gasteiger partial charge in [0, 0.05) is 29.4 Å². The van der Waals surface area contributed by atoms with Crippen LogP contribution < -0.4 is 5.32 Å². The SMILES string of the molecule is Cc1c(CCNCCn2cc(-c3ccc4c(c3C)COC4=O)cn2)ccc2c1COC2=O. The molecule has 164 valence electrons. The number of hydrogen-bond acceptors (Lipinski definition) is 6. The van der Waals surface area contributed by atoms with Crippen molar-refractivity contribution in [2.24, 2.45) is 0 Å². The Morgan fingerprint density at radius 1 is 0.906 bits per heavy atom. The Bertz CT molecular complexity index is 1230. The lowest BCUT2D eigenvalue weighted by Crippen LogP contribution is -2.22. The molecule has 0 amide bonds. The van der Waals surface area contributed by atoms with Crippen LogP contribution in [0.4, 0.5) is 0 Å². The third-order valence-corrected chi connectivity index (χ3v) is 6.48. The number of carbonyl (C=O) groups is 2. The number of esters is 2. The fourth-order valence-electron chi connectivity index (χ4n) is 4.50. The fraction of sp³-hybridized carbons (Fsp3) is 0.320. The minimum atomic E-state index is -0.242. The monoisotopic (exact) mass is 431 g/mol. The molecule has 3 aromatic rings. The van der Waals surface area contributed by atoms with Crippen molar-refractivity contribution >= 4 is 11.9 Å². The van der Waals surface area contributed by atoms with E-state index < -0.39 is 0 Å². The van der Waals surface area contributed by atoms with Gasteiger partial charge in [-0.05, 0) is 61.2 Å². The number of cyclic esters (lactones) is 2. The molecule has 0 aliphatic carbocycles. The highest BCUT2D eigenvalue weighted by Gasteiger charge is 2.25. The Morgan fingerprint density at radius 2 is 1.56 bits per heavy atom. The molecule has 0 unspecified atom stereocenters. The second kappa shape index (κ2) is 8.24. The van der Waals surface area contributed by atoms with Crippen molar-refractivity contribution in [3.8, 4) is 11.1 Å². The van der Waals surface area contributed by atoms with Crippen LogP contribution in [0.5, 0.6) is 0 Å². The molecule has 0 spiro atoms. The molecule has 0 bridgehead atoms. The second-order valence-electron chi connectivity index (χ2n) is 8.28. The van der Waals surface area contributed by atoms with Gasteiger partial charge in [-0.1, -0.05) is 12.1 Å². The van der Waals surface area contributed by atoms with Crippen molar-refractivity contribution in [3.05, 3.63) is 75.6 Å². The molecule has 0 atom stereocenters. The lowest BCUT2D eigenvalue weighted by Gasteiger charge is -2.10. The van der Waals surface area contributed by atoms with E-state index in [1.54, 1.807) is 0 Å². The summed E-state index contributed by atoms with van der Waals surface area (Å²) in [6.45, 7) is 7.23. The van der Waals surface area contributed by atoms with Crippen molar-refractivity contribution in [1.29, 1.82) is 0 Å². The number of ether oxygens (including phenoxy) is 2. The zero-order valence-electron chi connectivity index (χ0n) is 18.2. The normalized spacial score (nSPS) is 14.3. The van der Waals surface area contributed by atoms with Gasteiger partial charge in [-0.2, -0.15) is 5.10 Å². The highest BCUT2D eigenvalue weighted by Crippen LogP contribution is 2.31. The first-order valence-electron chi connectivity index (χ1n) is 10.8. The molecule has 0 saturated heterocycles. The Labute approximate surface area is 186 Å². The fourth-order valence-corrected chi connectivity index (χ4v) is 4.50. The van der Waals surface area contributed by atoms with Crippen molar-refractivity contribution in [2.45, 2.75) is 40.0 Å². The standard InChI is InChI=1S/C25H25N3O4/c1-15-17(3-4-20-22(15)13-31-24(20)29)7-8-26-9-10-28-12-18(11-27-28)19-5-6-21-23(16(19)2)14-32-25(21)30/h3-6,11-12,26H,7-10,13-14H2,1-2H3. The summed E-state index contributed by atoms with van der Waals surface area (Å²) in [5.74, 6) is -0.461. The molecule has 7 heteroatoms. The van der Waals surface area contributed by atoms with Gasteiger partial charge in [0.25, 0.3) is 0 Å². The minimum absolute atomic E-state index is 0.219. The van der Waals surface area contributed by atoms with Crippen molar-refractivity contribution in [2.75, 3.05) is 13.1 Å². The van der Waals surface area contributed by atoms with Gasteiger partial charge in [-0.25, -0.2) is 9.59 Å². The first kappa shape index (κ1) is 20.5. The van der Waals surface area contributed by atoms with E-state index in [0.29, 0.717) is 24.3 Å². The van der Waals surface area contributed by atoms with Gasteiger partial charge in [0.05, 0.1) is 23.9 Å². The van der Waals surface area contributed by atoms with Gasteiger partial charge >= 0.3 is 11.9 Å². The van der Waals surface area contributed by atoms with Crippen LogP contribution in [0.1, 0.15) is 48.5 Å². The van der Waals surface area contributed by atoms with Crippen LogP contribution in [0.25, 0.3) is 11.1 Å². The first-order valence-corrected chi connectivity index (χ1v) is 10.8. The zero-order chi connectivity index (χ0) is 22.2. The zero-order valence-corrected chi connectivity index (χ0v) is 18.2. The van der Waals surface area contributed by atoms with E-state index in [9.17, 15) is 9.59 Å². The first-order chi connectivity index (χ1) is 15.5. The molecule has 7 nitrogen and oxygen atoms in total. The van der Waals surface area contributed by atoms with E-state index in [1.807, 2.05) is 48.3 Å². The number of fused-ring (bicyclic) bond motifs is 2. The number of benzene rings is 2. The molecule has 5 rings (SSSR count). The summed E-state index contributed by atoms with van der Waals surface area (Å²) < 4.78 is 12.2. The molecule has 2 aliphatic rings. The summed E-state index contributed by atoms with van der Waals surface area (Å²) in [4.78, 5) is 23.4. The van der Waals surface area contributed by atoms with E-state index in [2.05, 4.69) is 17.3 Å². The lowest BCUT2D eigenvalue weighted by molar-refractivity contribution is 0.0526. The summed E-state index contributed by atoms with van der Waals surface area (Å²) in [6.07, 6.45) is 4.80. The number of aromatic nitrogens is 2. The molecular weight excluding hydrogens is 406 g/mol. The Morgan fingerprint density at radius 3 is 2.31 bits per heavy atom. The maximum atomic E-state index is 11.7. The Kier molecular flexibility index (Phi) is 5.27. The van der Waals surface area contributed by atoms with Crippen LogP contribution in [-0.4, -0.2) is 34.8 Å². The van der Waals surface area contributed by atoms with Crippen LogP contribution >= 0.6 is 0 Å². The summed E-state index contributed by atoms with van der Waals surface area (Å²) in [7, 11) is 0. The molecule has 2 aliphatic heterocycles. The van der Waals surface area contributed by atoms with Gasteiger partial charge < -0.3 is 14.8 Å². The predicted octanol–water partition coefficient (Wildman–Crippen LogP) is 3.34. The average molecular weight is 431 g/mol. The largest absolute Gasteiger partial charge is 0.457 e. The van der Waals surface area contributed by atoms with Gasteiger partial charge in [-0.15, -0.1) is 0 Å². The van der Waals surface area contributed by atoms with Crippen molar-refractivity contribution in [3.63, 3.8) is 0 Å². The molecular formula is C25H25N3O4. The molecule has 3 heterocycles. The lowest BCUT2D eigenvalue weighted by atomic mass is 9.96.